The molecular weight excluding hydrogens is 252 g/mol. The molecule has 0 saturated heterocycles. The van der Waals surface area contributed by atoms with Gasteiger partial charge in [0.15, 0.2) is 0 Å². The van der Waals surface area contributed by atoms with Gasteiger partial charge in [0.25, 0.3) is 0 Å². The minimum absolute atomic E-state index is 0.396. The lowest BCUT2D eigenvalue weighted by Gasteiger charge is -2.12. The van der Waals surface area contributed by atoms with E-state index in [1.165, 1.54) is 11.8 Å². The van der Waals surface area contributed by atoms with Crippen LogP contribution in [0.2, 0.25) is 0 Å². The standard InChI is InChI=1S/C13H18O4S/c1-9(13(15)16)7-18-8-12(14)10-4-3-5-11(6-10)17-2/h3-6,9,12,14H,7-8H2,1-2H3,(H,15,16). The molecule has 0 bridgehead atoms. The number of rotatable bonds is 7. The highest BCUT2D eigenvalue weighted by Gasteiger charge is 2.13. The van der Waals surface area contributed by atoms with Crippen LogP contribution in [-0.2, 0) is 4.79 Å². The lowest BCUT2D eigenvalue weighted by Crippen LogP contribution is -2.13. The summed E-state index contributed by atoms with van der Waals surface area (Å²) in [6.07, 6.45) is -0.605. The van der Waals surface area contributed by atoms with Crippen molar-refractivity contribution in [2.24, 2.45) is 5.92 Å². The van der Waals surface area contributed by atoms with Crippen molar-refractivity contribution in [2.45, 2.75) is 13.0 Å². The summed E-state index contributed by atoms with van der Waals surface area (Å²) in [7, 11) is 1.58. The first-order chi connectivity index (χ1) is 8.54. The van der Waals surface area contributed by atoms with Gasteiger partial charge in [-0.1, -0.05) is 19.1 Å². The molecule has 0 aromatic heterocycles. The van der Waals surface area contributed by atoms with E-state index in [4.69, 9.17) is 9.84 Å². The fraction of sp³-hybridized carbons (Fsp3) is 0.462. The molecule has 0 fully saturated rings. The number of aliphatic hydroxyl groups is 1. The summed E-state index contributed by atoms with van der Waals surface area (Å²) in [6, 6.07) is 7.25. The second-order valence-electron chi connectivity index (χ2n) is 4.07. The van der Waals surface area contributed by atoms with Gasteiger partial charge in [0.1, 0.15) is 5.75 Å². The Balaban J connectivity index is 2.44. The Kier molecular flexibility index (Phi) is 6.01. The van der Waals surface area contributed by atoms with E-state index in [1.807, 2.05) is 18.2 Å². The molecule has 0 aliphatic rings. The second kappa shape index (κ2) is 7.28. The van der Waals surface area contributed by atoms with E-state index >= 15 is 0 Å². The number of aliphatic hydroxyl groups excluding tert-OH is 1. The van der Waals surface area contributed by atoms with Crippen molar-refractivity contribution in [3.63, 3.8) is 0 Å². The van der Waals surface area contributed by atoms with Gasteiger partial charge >= 0.3 is 5.97 Å². The molecule has 1 aromatic rings. The van der Waals surface area contributed by atoms with Gasteiger partial charge in [-0.05, 0) is 17.7 Å². The van der Waals surface area contributed by atoms with Crippen molar-refractivity contribution < 1.29 is 19.7 Å². The summed E-state index contributed by atoms with van der Waals surface area (Å²) < 4.78 is 5.08. The van der Waals surface area contributed by atoms with Crippen LogP contribution in [0.15, 0.2) is 24.3 Å². The number of carboxylic acid groups (broad SMARTS) is 1. The van der Waals surface area contributed by atoms with Crippen LogP contribution in [-0.4, -0.2) is 34.8 Å². The van der Waals surface area contributed by atoms with Crippen LogP contribution in [0, 0.1) is 5.92 Å². The van der Waals surface area contributed by atoms with E-state index in [1.54, 1.807) is 20.1 Å². The molecule has 0 aliphatic carbocycles. The Bertz CT molecular complexity index is 394. The highest BCUT2D eigenvalue weighted by molar-refractivity contribution is 7.99. The third-order valence-electron chi connectivity index (χ3n) is 2.54. The van der Waals surface area contributed by atoms with Crippen LogP contribution < -0.4 is 4.74 Å². The number of benzene rings is 1. The minimum atomic E-state index is -0.807. The molecule has 18 heavy (non-hydrogen) atoms. The van der Waals surface area contributed by atoms with Crippen molar-refractivity contribution in [3.05, 3.63) is 29.8 Å². The van der Waals surface area contributed by atoms with Gasteiger partial charge in [-0.15, -0.1) is 0 Å². The quantitative estimate of drug-likeness (QED) is 0.795. The third-order valence-corrected chi connectivity index (χ3v) is 3.83. The van der Waals surface area contributed by atoms with Crippen LogP contribution >= 0.6 is 11.8 Å². The van der Waals surface area contributed by atoms with Gasteiger partial charge in [0, 0.05) is 11.5 Å². The number of ether oxygens (including phenoxy) is 1. The fourth-order valence-corrected chi connectivity index (χ4v) is 2.42. The van der Waals surface area contributed by atoms with E-state index in [2.05, 4.69) is 0 Å². The summed E-state index contributed by atoms with van der Waals surface area (Å²) in [4.78, 5) is 10.6. The molecule has 0 saturated carbocycles. The van der Waals surface area contributed by atoms with E-state index in [-0.39, 0.29) is 0 Å². The van der Waals surface area contributed by atoms with Crippen LogP contribution in [0.5, 0.6) is 5.75 Å². The maximum atomic E-state index is 10.6. The van der Waals surface area contributed by atoms with Crippen molar-refractivity contribution in [1.82, 2.24) is 0 Å². The Morgan fingerprint density at radius 3 is 2.78 bits per heavy atom. The molecule has 0 aliphatic heterocycles. The zero-order chi connectivity index (χ0) is 13.5. The van der Waals surface area contributed by atoms with E-state index < -0.39 is 18.0 Å². The maximum Gasteiger partial charge on any atom is 0.307 e. The number of hydrogen-bond donors (Lipinski definition) is 2. The average Bonchev–Trinajstić information content (AvgIpc) is 2.38. The topological polar surface area (TPSA) is 66.8 Å². The molecule has 5 heteroatoms. The average molecular weight is 270 g/mol. The maximum absolute atomic E-state index is 10.6. The Morgan fingerprint density at radius 2 is 2.17 bits per heavy atom. The number of carbonyl (C=O) groups is 1. The molecule has 100 valence electrons. The van der Waals surface area contributed by atoms with Gasteiger partial charge in [0.2, 0.25) is 0 Å². The molecule has 2 N–H and O–H groups in total. The van der Waals surface area contributed by atoms with Gasteiger partial charge in [0.05, 0.1) is 19.1 Å². The molecule has 2 unspecified atom stereocenters. The first-order valence-corrected chi connectivity index (χ1v) is 6.82. The van der Waals surface area contributed by atoms with E-state index in [0.717, 1.165) is 5.56 Å². The van der Waals surface area contributed by atoms with Crippen LogP contribution in [0.25, 0.3) is 0 Å². The van der Waals surface area contributed by atoms with Gasteiger partial charge in [-0.3, -0.25) is 4.79 Å². The van der Waals surface area contributed by atoms with Crippen molar-refractivity contribution in [1.29, 1.82) is 0 Å². The Morgan fingerprint density at radius 1 is 1.44 bits per heavy atom. The van der Waals surface area contributed by atoms with E-state index in [0.29, 0.717) is 17.3 Å². The number of thioether (sulfide) groups is 1. The van der Waals surface area contributed by atoms with Crippen molar-refractivity contribution in [3.8, 4) is 5.75 Å². The first kappa shape index (κ1) is 14.9. The van der Waals surface area contributed by atoms with Gasteiger partial charge < -0.3 is 14.9 Å². The molecule has 2 atom stereocenters. The summed E-state index contributed by atoms with van der Waals surface area (Å²) in [5.41, 5.74) is 0.782. The van der Waals surface area contributed by atoms with Crippen LogP contribution in [0.4, 0.5) is 0 Å². The van der Waals surface area contributed by atoms with E-state index in [9.17, 15) is 9.90 Å². The highest BCUT2D eigenvalue weighted by Crippen LogP contribution is 2.23. The van der Waals surface area contributed by atoms with Crippen molar-refractivity contribution >= 4 is 17.7 Å². The summed E-state index contributed by atoms with van der Waals surface area (Å²) in [5.74, 6) is 0.475. The predicted molar refractivity (Wildman–Crippen MR) is 72.1 cm³/mol. The number of methoxy groups -OCH3 is 1. The number of hydrogen-bond acceptors (Lipinski definition) is 4. The molecule has 4 nitrogen and oxygen atoms in total. The van der Waals surface area contributed by atoms with Crippen LogP contribution in [0.1, 0.15) is 18.6 Å². The summed E-state index contributed by atoms with van der Waals surface area (Å²) >= 11 is 1.43. The normalized spacial score (nSPS) is 13.9. The lowest BCUT2D eigenvalue weighted by atomic mass is 10.1. The Hall–Kier alpha value is -1.20. The number of aliphatic carboxylic acids is 1. The first-order valence-electron chi connectivity index (χ1n) is 5.67. The molecule has 0 amide bonds. The lowest BCUT2D eigenvalue weighted by molar-refractivity contribution is -0.140. The molecular formula is C13H18O4S. The third kappa shape index (κ3) is 4.58. The SMILES string of the molecule is COc1cccc(C(O)CSCC(C)C(=O)O)c1. The van der Waals surface area contributed by atoms with Crippen molar-refractivity contribution in [2.75, 3.05) is 18.6 Å². The van der Waals surface area contributed by atoms with Gasteiger partial charge in [-0.2, -0.15) is 11.8 Å². The largest absolute Gasteiger partial charge is 0.497 e. The fourth-order valence-electron chi connectivity index (χ4n) is 1.37. The monoisotopic (exact) mass is 270 g/mol. The van der Waals surface area contributed by atoms with Gasteiger partial charge in [-0.25, -0.2) is 0 Å². The minimum Gasteiger partial charge on any atom is -0.497 e. The zero-order valence-electron chi connectivity index (χ0n) is 10.5. The molecule has 0 heterocycles. The van der Waals surface area contributed by atoms with Crippen LogP contribution in [0.3, 0.4) is 0 Å². The molecule has 0 radical (unpaired) electrons. The number of carboxylic acids is 1. The predicted octanol–water partition coefficient (Wildman–Crippen LogP) is 2.18. The highest BCUT2D eigenvalue weighted by atomic mass is 32.2. The zero-order valence-corrected chi connectivity index (χ0v) is 11.3. The molecule has 0 spiro atoms. The molecule has 1 rings (SSSR count). The summed E-state index contributed by atoms with van der Waals surface area (Å²) in [5, 5.41) is 18.7. The smallest absolute Gasteiger partial charge is 0.307 e. The Labute approximate surface area is 111 Å². The second-order valence-corrected chi connectivity index (χ2v) is 5.14. The molecule has 1 aromatic carbocycles. The summed E-state index contributed by atoms with van der Waals surface area (Å²) in [6.45, 7) is 1.66.